The molecule has 0 saturated heterocycles. The van der Waals surface area contributed by atoms with Crippen molar-refractivity contribution < 1.29 is 4.79 Å². The Bertz CT molecular complexity index is 380. The smallest absolute Gasteiger partial charge is 0.228 e. The summed E-state index contributed by atoms with van der Waals surface area (Å²) in [4.78, 5) is 12.0. The predicted molar refractivity (Wildman–Crippen MR) is 66.3 cm³/mol. The van der Waals surface area contributed by atoms with Gasteiger partial charge in [-0.05, 0) is 38.1 Å². The van der Waals surface area contributed by atoms with Crippen LogP contribution in [0.25, 0.3) is 0 Å². The maximum absolute atomic E-state index is 12.0. The van der Waals surface area contributed by atoms with Gasteiger partial charge in [-0.1, -0.05) is 0 Å². The molecule has 0 radical (unpaired) electrons. The summed E-state index contributed by atoms with van der Waals surface area (Å²) in [5.74, 6) is 1.61. The quantitative estimate of drug-likeness (QED) is 0.826. The average molecular weight is 236 g/mol. The summed E-state index contributed by atoms with van der Waals surface area (Å²) in [5.41, 5.74) is 5.64. The summed E-state index contributed by atoms with van der Waals surface area (Å²) in [6.07, 6.45) is 5.72. The van der Waals surface area contributed by atoms with E-state index >= 15 is 0 Å². The predicted octanol–water partition coefficient (Wildman–Crippen LogP) is 1.12. The van der Waals surface area contributed by atoms with Crippen LogP contribution in [0.4, 0.5) is 5.82 Å². The molecule has 0 spiro atoms. The molecule has 1 aliphatic carbocycles. The number of hydrogen-bond donors (Lipinski definition) is 2. The lowest BCUT2D eigenvalue weighted by Crippen LogP contribution is -2.29. The first-order valence-electron chi connectivity index (χ1n) is 6.19. The fourth-order valence-corrected chi connectivity index (χ4v) is 2.39. The SMILES string of the molecule is Cn1nccc1NC(=O)C1CCC(CN)CC1. The van der Waals surface area contributed by atoms with Gasteiger partial charge in [0.2, 0.25) is 5.91 Å². The third kappa shape index (κ3) is 2.85. The van der Waals surface area contributed by atoms with Crippen LogP contribution in [0.3, 0.4) is 0 Å². The van der Waals surface area contributed by atoms with Gasteiger partial charge in [-0.15, -0.1) is 0 Å². The molecule has 0 bridgehead atoms. The van der Waals surface area contributed by atoms with Crippen molar-refractivity contribution >= 4 is 11.7 Å². The van der Waals surface area contributed by atoms with Gasteiger partial charge in [-0.2, -0.15) is 5.10 Å². The van der Waals surface area contributed by atoms with Gasteiger partial charge in [-0.25, -0.2) is 0 Å². The van der Waals surface area contributed by atoms with E-state index in [1.807, 2.05) is 13.1 Å². The first-order chi connectivity index (χ1) is 8.20. The van der Waals surface area contributed by atoms with Gasteiger partial charge in [0.25, 0.3) is 0 Å². The number of rotatable bonds is 3. The molecule has 1 heterocycles. The Labute approximate surface area is 101 Å². The Morgan fingerprint density at radius 3 is 2.76 bits per heavy atom. The molecule has 5 heteroatoms. The number of carbonyl (C=O) groups excluding carboxylic acids is 1. The number of hydrogen-bond acceptors (Lipinski definition) is 3. The standard InChI is InChI=1S/C12H20N4O/c1-16-11(6-7-14-16)15-12(17)10-4-2-9(8-13)3-5-10/h6-7,9-10H,2-5,8,13H2,1H3,(H,15,17). The molecule has 1 fully saturated rings. The molecule has 2 rings (SSSR count). The van der Waals surface area contributed by atoms with Crippen molar-refractivity contribution in [3.63, 3.8) is 0 Å². The number of anilines is 1. The van der Waals surface area contributed by atoms with Crippen molar-refractivity contribution in [2.24, 2.45) is 24.6 Å². The highest BCUT2D eigenvalue weighted by atomic mass is 16.2. The summed E-state index contributed by atoms with van der Waals surface area (Å²) in [5, 5.41) is 6.95. The van der Waals surface area contributed by atoms with Crippen molar-refractivity contribution in [1.29, 1.82) is 0 Å². The summed E-state index contributed by atoms with van der Waals surface area (Å²) < 4.78 is 1.67. The van der Waals surface area contributed by atoms with Crippen LogP contribution in [0.1, 0.15) is 25.7 Å². The molecule has 94 valence electrons. The zero-order chi connectivity index (χ0) is 12.3. The van der Waals surface area contributed by atoms with Crippen LogP contribution in [0.5, 0.6) is 0 Å². The summed E-state index contributed by atoms with van der Waals surface area (Å²) in [6, 6.07) is 1.81. The van der Waals surface area contributed by atoms with E-state index in [1.165, 1.54) is 0 Å². The Morgan fingerprint density at radius 1 is 1.53 bits per heavy atom. The van der Waals surface area contributed by atoms with Crippen LogP contribution in [-0.4, -0.2) is 22.2 Å². The van der Waals surface area contributed by atoms with Crippen LogP contribution in [0.2, 0.25) is 0 Å². The molecule has 1 aliphatic rings. The first-order valence-corrected chi connectivity index (χ1v) is 6.19. The highest BCUT2D eigenvalue weighted by Gasteiger charge is 2.25. The van der Waals surface area contributed by atoms with Gasteiger partial charge in [0.1, 0.15) is 5.82 Å². The fourth-order valence-electron chi connectivity index (χ4n) is 2.39. The Morgan fingerprint density at radius 2 is 2.24 bits per heavy atom. The molecule has 5 nitrogen and oxygen atoms in total. The van der Waals surface area contributed by atoms with Gasteiger partial charge in [0.15, 0.2) is 0 Å². The monoisotopic (exact) mass is 236 g/mol. The third-order valence-electron chi connectivity index (χ3n) is 3.62. The molecule has 1 aromatic heterocycles. The second kappa shape index (κ2) is 5.31. The highest BCUT2D eigenvalue weighted by molar-refractivity contribution is 5.91. The van der Waals surface area contributed by atoms with E-state index in [1.54, 1.807) is 10.9 Å². The fraction of sp³-hybridized carbons (Fsp3) is 0.667. The van der Waals surface area contributed by atoms with Gasteiger partial charge < -0.3 is 11.1 Å². The number of nitrogens with zero attached hydrogens (tertiary/aromatic N) is 2. The third-order valence-corrected chi connectivity index (χ3v) is 3.62. The molecule has 0 atom stereocenters. The van der Waals surface area contributed by atoms with Crippen LogP contribution < -0.4 is 11.1 Å². The summed E-state index contributed by atoms with van der Waals surface area (Å²) >= 11 is 0. The normalized spacial score (nSPS) is 24.6. The Balaban J connectivity index is 1.87. The highest BCUT2D eigenvalue weighted by Crippen LogP contribution is 2.28. The zero-order valence-electron chi connectivity index (χ0n) is 10.2. The molecule has 3 N–H and O–H groups in total. The number of nitrogens with one attached hydrogen (secondary N) is 1. The number of amides is 1. The maximum Gasteiger partial charge on any atom is 0.228 e. The first kappa shape index (κ1) is 12.1. The van der Waals surface area contributed by atoms with Crippen LogP contribution in [0, 0.1) is 11.8 Å². The zero-order valence-corrected chi connectivity index (χ0v) is 10.2. The number of nitrogens with two attached hydrogens (primary N) is 1. The molecule has 1 saturated carbocycles. The minimum Gasteiger partial charge on any atom is -0.330 e. The van der Waals surface area contributed by atoms with Crippen LogP contribution in [-0.2, 0) is 11.8 Å². The van der Waals surface area contributed by atoms with Gasteiger partial charge in [0, 0.05) is 19.0 Å². The molecular weight excluding hydrogens is 216 g/mol. The van der Waals surface area contributed by atoms with E-state index in [0.717, 1.165) is 38.0 Å². The molecule has 1 amide bonds. The second-order valence-electron chi connectivity index (χ2n) is 4.78. The van der Waals surface area contributed by atoms with E-state index in [-0.39, 0.29) is 11.8 Å². The van der Waals surface area contributed by atoms with E-state index in [0.29, 0.717) is 5.92 Å². The minimum absolute atomic E-state index is 0.115. The van der Waals surface area contributed by atoms with Gasteiger partial charge >= 0.3 is 0 Å². The van der Waals surface area contributed by atoms with Crippen molar-refractivity contribution in [3.05, 3.63) is 12.3 Å². The van der Waals surface area contributed by atoms with Gasteiger partial charge in [0.05, 0.1) is 6.20 Å². The Kier molecular flexibility index (Phi) is 3.78. The summed E-state index contributed by atoms with van der Waals surface area (Å²) in [6.45, 7) is 0.746. The van der Waals surface area contributed by atoms with Crippen molar-refractivity contribution in [2.45, 2.75) is 25.7 Å². The second-order valence-corrected chi connectivity index (χ2v) is 4.78. The van der Waals surface area contributed by atoms with E-state index in [2.05, 4.69) is 10.4 Å². The molecule has 17 heavy (non-hydrogen) atoms. The number of aryl methyl sites for hydroxylation is 1. The average Bonchev–Trinajstić information content (AvgIpc) is 2.75. The van der Waals surface area contributed by atoms with Crippen LogP contribution in [0.15, 0.2) is 12.3 Å². The largest absolute Gasteiger partial charge is 0.330 e. The molecule has 0 aliphatic heterocycles. The molecule has 0 aromatic carbocycles. The van der Waals surface area contributed by atoms with E-state index < -0.39 is 0 Å². The number of aromatic nitrogens is 2. The van der Waals surface area contributed by atoms with Crippen molar-refractivity contribution in [1.82, 2.24) is 9.78 Å². The summed E-state index contributed by atoms with van der Waals surface area (Å²) in [7, 11) is 1.82. The molecule has 0 unspecified atom stereocenters. The molecule has 1 aromatic rings. The topological polar surface area (TPSA) is 72.9 Å². The minimum atomic E-state index is 0.115. The number of carbonyl (C=O) groups is 1. The lowest BCUT2D eigenvalue weighted by atomic mass is 9.81. The van der Waals surface area contributed by atoms with Crippen molar-refractivity contribution in [3.8, 4) is 0 Å². The van der Waals surface area contributed by atoms with Gasteiger partial charge in [-0.3, -0.25) is 9.48 Å². The lowest BCUT2D eigenvalue weighted by Gasteiger charge is -2.26. The maximum atomic E-state index is 12.0. The van der Waals surface area contributed by atoms with E-state index in [9.17, 15) is 4.79 Å². The van der Waals surface area contributed by atoms with E-state index in [4.69, 9.17) is 5.73 Å². The van der Waals surface area contributed by atoms with Crippen LogP contribution >= 0.6 is 0 Å². The Hall–Kier alpha value is -1.36. The molecular formula is C12H20N4O. The van der Waals surface area contributed by atoms with Crippen molar-refractivity contribution in [2.75, 3.05) is 11.9 Å². The lowest BCUT2D eigenvalue weighted by molar-refractivity contribution is -0.121.